The summed E-state index contributed by atoms with van der Waals surface area (Å²) in [6, 6.07) is 17.9. The van der Waals surface area contributed by atoms with Gasteiger partial charge in [-0.2, -0.15) is 0 Å². The molecule has 9 nitrogen and oxygen atoms in total. The van der Waals surface area contributed by atoms with E-state index in [1.807, 2.05) is 50.2 Å². The number of carbonyl (C=O) groups is 2. The van der Waals surface area contributed by atoms with Crippen LogP contribution < -0.4 is 5.32 Å². The van der Waals surface area contributed by atoms with Crippen molar-refractivity contribution in [3.63, 3.8) is 0 Å². The number of anilines is 1. The van der Waals surface area contributed by atoms with Crippen molar-refractivity contribution in [2.75, 3.05) is 11.9 Å². The Labute approximate surface area is 207 Å². The van der Waals surface area contributed by atoms with Gasteiger partial charge in [-0.1, -0.05) is 35.2 Å². The summed E-state index contributed by atoms with van der Waals surface area (Å²) in [5, 5.41) is 11.9. The van der Waals surface area contributed by atoms with Crippen LogP contribution in [-0.2, 0) is 10.5 Å². The third-order valence-electron chi connectivity index (χ3n) is 4.93. The molecule has 1 amide bonds. The van der Waals surface area contributed by atoms with Crippen LogP contribution in [0.3, 0.4) is 0 Å². The highest BCUT2D eigenvalue weighted by Crippen LogP contribution is 2.24. The highest BCUT2D eigenvalue weighted by molar-refractivity contribution is 7.98. The van der Waals surface area contributed by atoms with Gasteiger partial charge in [0.05, 0.1) is 23.6 Å². The molecule has 2 heterocycles. The molecule has 1 N–H and O–H groups in total. The molecule has 0 aliphatic heterocycles. The summed E-state index contributed by atoms with van der Waals surface area (Å²) in [7, 11) is 0. The minimum Gasteiger partial charge on any atom is -0.462 e. The molecule has 0 saturated carbocycles. The quantitative estimate of drug-likeness (QED) is 0.221. The van der Waals surface area contributed by atoms with Gasteiger partial charge in [0.15, 0.2) is 10.9 Å². The number of benzene rings is 2. The van der Waals surface area contributed by atoms with Gasteiger partial charge in [0, 0.05) is 22.8 Å². The Morgan fingerprint density at radius 1 is 1.00 bits per heavy atom. The van der Waals surface area contributed by atoms with Crippen LogP contribution in [0.15, 0.2) is 65.8 Å². The van der Waals surface area contributed by atoms with E-state index in [4.69, 9.17) is 4.74 Å². The predicted molar refractivity (Wildman–Crippen MR) is 133 cm³/mol. The first-order valence-corrected chi connectivity index (χ1v) is 12.0. The fourth-order valence-corrected chi connectivity index (χ4v) is 4.31. The minimum atomic E-state index is -0.413. The molecule has 0 saturated heterocycles. The molecule has 2 aromatic heterocycles. The maximum atomic E-state index is 13.2. The third kappa shape index (κ3) is 5.90. The van der Waals surface area contributed by atoms with Crippen molar-refractivity contribution in [2.24, 2.45) is 0 Å². The standard InChI is InChI=1S/C25H24N6O3S/c1-4-34-24(33)18-10-12-19(13-11-18)28-23(32)22-21(15-35-25-26-16(2)14-17(3)27-25)31(30-29-22)20-8-6-5-7-9-20/h5-14H,4,15H2,1-3H3,(H,28,32). The van der Waals surface area contributed by atoms with Crippen molar-refractivity contribution in [2.45, 2.75) is 31.7 Å². The second-order valence-electron chi connectivity index (χ2n) is 7.61. The van der Waals surface area contributed by atoms with Crippen LogP contribution in [-0.4, -0.2) is 43.4 Å². The third-order valence-corrected chi connectivity index (χ3v) is 5.79. The van der Waals surface area contributed by atoms with E-state index in [1.54, 1.807) is 35.9 Å². The fraction of sp³-hybridized carbons (Fsp3) is 0.200. The van der Waals surface area contributed by atoms with E-state index in [9.17, 15) is 9.59 Å². The molecule has 178 valence electrons. The molecule has 10 heteroatoms. The lowest BCUT2D eigenvalue weighted by Gasteiger charge is -2.09. The van der Waals surface area contributed by atoms with Crippen LogP contribution in [0.5, 0.6) is 0 Å². The lowest BCUT2D eigenvalue weighted by atomic mass is 10.2. The molecule has 0 radical (unpaired) electrons. The van der Waals surface area contributed by atoms with Gasteiger partial charge in [-0.3, -0.25) is 4.79 Å². The largest absolute Gasteiger partial charge is 0.462 e. The van der Waals surface area contributed by atoms with Gasteiger partial charge in [0.1, 0.15) is 0 Å². The Kier molecular flexibility index (Phi) is 7.51. The first kappa shape index (κ1) is 24.1. The summed E-state index contributed by atoms with van der Waals surface area (Å²) in [6.07, 6.45) is 0. The number of thioether (sulfide) groups is 1. The molecule has 0 spiro atoms. The number of nitrogens with zero attached hydrogens (tertiary/aromatic N) is 5. The zero-order valence-electron chi connectivity index (χ0n) is 19.6. The van der Waals surface area contributed by atoms with Gasteiger partial charge in [0.25, 0.3) is 5.91 Å². The minimum absolute atomic E-state index is 0.195. The molecule has 4 rings (SSSR count). The first-order valence-electron chi connectivity index (χ1n) is 11.0. The number of esters is 1. The van der Waals surface area contributed by atoms with Crippen molar-refractivity contribution in [3.05, 3.63) is 89.0 Å². The zero-order valence-corrected chi connectivity index (χ0v) is 20.4. The molecular weight excluding hydrogens is 464 g/mol. The van der Waals surface area contributed by atoms with Gasteiger partial charge in [-0.15, -0.1) is 5.10 Å². The Bertz CT molecular complexity index is 1320. The molecule has 0 aliphatic rings. The van der Waals surface area contributed by atoms with Gasteiger partial charge in [0.2, 0.25) is 0 Å². The lowest BCUT2D eigenvalue weighted by molar-refractivity contribution is 0.0526. The summed E-state index contributed by atoms with van der Waals surface area (Å²) in [5.74, 6) is -0.438. The molecule has 0 fully saturated rings. The molecule has 0 bridgehead atoms. The average Bonchev–Trinajstić information content (AvgIpc) is 3.27. The van der Waals surface area contributed by atoms with Crippen molar-refractivity contribution < 1.29 is 14.3 Å². The monoisotopic (exact) mass is 488 g/mol. The number of amides is 1. The van der Waals surface area contributed by atoms with Gasteiger partial charge in [-0.25, -0.2) is 19.4 Å². The maximum absolute atomic E-state index is 13.2. The molecule has 0 unspecified atom stereocenters. The Morgan fingerprint density at radius 3 is 2.34 bits per heavy atom. The maximum Gasteiger partial charge on any atom is 0.338 e. The van der Waals surface area contributed by atoms with E-state index in [1.165, 1.54) is 11.8 Å². The summed E-state index contributed by atoms with van der Waals surface area (Å²) in [5.41, 5.74) is 4.27. The normalized spacial score (nSPS) is 10.7. The SMILES string of the molecule is CCOC(=O)c1ccc(NC(=O)c2nnn(-c3ccccc3)c2CSc2nc(C)cc(C)n2)cc1. The number of carbonyl (C=O) groups excluding carboxylic acids is 2. The zero-order chi connectivity index (χ0) is 24.8. The number of aromatic nitrogens is 5. The number of rotatable bonds is 8. The van der Waals surface area contributed by atoms with Crippen LogP contribution in [0.25, 0.3) is 5.69 Å². The van der Waals surface area contributed by atoms with Crippen LogP contribution in [0, 0.1) is 13.8 Å². The average molecular weight is 489 g/mol. The topological polar surface area (TPSA) is 112 Å². The summed E-state index contributed by atoms with van der Waals surface area (Å²) < 4.78 is 6.64. The Hall–Kier alpha value is -4.05. The van der Waals surface area contributed by atoms with Crippen LogP contribution >= 0.6 is 11.8 Å². The highest BCUT2D eigenvalue weighted by Gasteiger charge is 2.22. The van der Waals surface area contributed by atoms with Crippen molar-refractivity contribution in [1.29, 1.82) is 0 Å². The van der Waals surface area contributed by atoms with E-state index in [2.05, 4.69) is 25.6 Å². The molecule has 2 aromatic carbocycles. The number of hydrogen-bond acceptors (Lipinski definition) is 8. The molecule has 4 aromatic rings. The summed E-state index contributed by atoms with van der Waals surface area (Å²) in [4.78, 5) is 34.0. The summed E-state index contributed by atoms with van der Waals surface area (Å²) >= 11 is 1.41. The van der Waals surface area contributed by atoms with Crippen molar-refractivity contribution in [3.8, 4) is 5.69 Å². The second kappa shape index (κ2) is 10.9. The Balaban J connectivity index is 1.59. The fourth-order valence-electron chi connectivity index (χ4n) is 3.37. The number of hydrogen-bond donors (Lipinski definition) is 1. The van der Waals surface area contributed by atoms with E-state index in [0.29, 0.717) is 34.5 Å². The van der Waals surface area contributed by atoms with Gasteiger partial charge < -0.3 is 10.1 Å². The van der Waals surface area contributed by atoms with E-state index < -0.39 is 11.9 Å². The summed E-state index contributed by atoms with van der Waals surface area (Å²) in [6.45, 7) is 5.88. The smallest absolute Gasteiger partial charge is 0.338 e. The van der Waals surface area contributed by atoms with Crippen LogP contribution in [0.2, 0.25) is 0 Å². The Morgan fingerprint density at radius 2 is 1.69 bits per heavy atom. The highest BCUT2D eigenvalue weighted by atomic mass is 32.2. The number of nitrogens with one attached hydrogen (secondary N) is 1. The van der Waals surface area contributed by atoms with Crippen LogP contribution in [0.4, 0.5) is 5.69 Å². The predicted octanol–water partition coefficient (Wildman–Crippen LogP) is 4.40. The number of aryl methyl sites for hydroxylation is 2. The van der Waals surface area contributed by atoms with Crippen LogP contribution in [0.1, 0.15) is 44.9 Å². The number of ether oxygens (including phenoxy) is 1. The number of para-hydroxylation sites is 1. The lowest BCUT2D eigenvalue weighted by Crippen LogP contribution is -2.15. The van der Waals surface area contributed by atoms with E-state index in [0.717, 1.165) is 17.1 Å². The molecular formula is C25H24N6O3S. The molecule has 0 aliphatic carbocycles. The molecule has 35 heavy (non-hydrogen) atoms. The van der Waals surface area contributed by atoms with Gasteiger partial charge >= 0.3 is 5.97 Å². The van der Waals surface area contributed by atoms with Crippen molar-refractivity contribution in [1.82, 2.24) is 25.0 Å². The molecule has 0 atom stereocenters. The van der Waals surface area contributed by atoms with Gasteiger partial charge in [-0.05, 0) is 63.2 Å². The van der Waals surface area contributed by atoms with E-state index in [-0.39, 0.29) is 5.69 Å². The first-order chi connectivity index (χ1) is 16.9. The van der Waals surface area contributed by atoms with Crippen molar-refractivity contribution >= 4 is 29.3 Å². The van der Waals surface area contributed by atoms with E-state index >= 15 is 0 Å². The second-order valence-corrected chi connectivity index (χ2v) is 8.55.